The molecular formula is C13H23NO2. The Morgan fingerprint density at radius 2 is 1.94 bits per heavy atom. The highest BCUT2D eigenvalue weighted by Gasteiger charge is 2.38. The summed E-state index contributed by atoms with van der Waals surface area (Å²) in [6, 6.07) is 1.31. The van der Waals surface area contributed by atoms with Gasteiger partial charge in [0.2, 0.25) is 0 Å². The molecule has 2 saturated heterocycles. The van der Waals surface area contributed by atoms with Crippen LogP contribution in [0.25, 0.3) is 0 Å². The molecule has 16 heavy (non-hydrogen) atoms. The minimum absolute atomic E-state index is 0.307. The van der Waals surface area contributed by atoms with Crippen molar-refractivity contribution in [1.29, 1.82) is 0 Å². The zero-order chi connectivity index (χ0) is 11.5. The fourth-order valence-electron chi connectivity index (χ4n) is 3.29. The number of nitrogens with zero attached hydrogens (tertiary/aromatic N) is 1. The summed E-state index contributed by atoms with van der Waals surface area (Å²) in [6.07, 6.45) is 6.66. The second kappa shape index (κ2) is 5.28. The summed E-state index contributed by atoms with van der Waals surface area (Å²) in [5.74, 6) is 0.730. The lowest BCUT2D eigenvalue weighted by Gasteiger charge is -2.46. The van der Waals surface area contributed by atoms with Gasteiger partial charge in [-0.3, -0.25) is 4.79 Å². The fourth-order valence-corrected chi connectivity index (χ4v) is 3.29. The van der Waals surface area contributed by atoms with Gasteiger partial charge in [-0.2, -0.15) is 0 Å². The van der Waals surface area contributed by atoms with E-state index in [1.165, 1.54) is 19.3 Å². The minimum Gasteiger partial charge on any atom is -0.384 e. The zero-order valence-corrected chi connectivity index (χ0v) is 10.4. The van der Waals surface area contributed by atoms with E-state index in [9.17, 15) is 4.79 Å². The van der Waals surface area contributed by atoms with Crippen LogP contribution in [0.5, 0.6) is 0 Å². The molecule has 2 heterocycles. The van der Waals surface area contributed by atoms with Crippen molar-refractivity contribution in [3.05, 3.63) is 0 Å². The maximum Gasteiger partial charge on any atom is 0.138 e. The van der Waals surface area contributed by atoms with E-state index in [0.29, 0.717) is 36.8 Å². The second-order valence-electron chi connectivity index (χ2n) is 5.28. The third-order valence-corrected chi connectivity index (χ3v) is 4.35. The molecule has 0 aliphatic carbocycles. The van der Waals surface area contributed by atoms with E-state index in [0.717, 1.165) is 12.8 Å². The predicted octanol–water partition coefficient (Wildman–Crippen LogP) is 1.85. The van der Waals surface area contributed by atoms with E-state index < -0.39 is 0 Å². The largest absolute Gasteiger partial charge is 0.384 e. The van der Waals surface area contributed by atoms with Crippen molar-refractivity contribution in [3.8, 4) is 0 Å². The summed E-state index contributed by atoms with van der Waals surface area (Å²) in [4.78, 5) is 14.5. The first kappa shape index (κ1) is 12.1. The number of rotatable bonds is 4. The summed E-state index contributed by atoms with van der Waals surface area (Å²) < 4.78 is 4.99. The van der Waals surface area contributed by atoms with Crippen molar-refractivity contribution in [2.75, 3.05) is 20.8 Å². The SMILES string of the molecule is COCCC(=O)C1CC2CCCC(C1)N2C. The molecule has 0 amide bonds. The summed E-state index contributed by atoms with van der Waals surface area (Å²) >= 11 is 0. The Labute approximate surface area is 98.1 Å². The third kappa shape index (κ3) is 2.46. The van der Waals surface area contributed by atoms with Crippen LogP contribution in [0.3, 0.4) is 0 Å². The lowest BCUT2D eigenvalue weighted by atomic mass is 9.76. The van der Waals surface area contributed by atoms with E-state index in [1.807, 2.05) is 0 Å². The number of fused-ring (bicyclic) bond motifs is 2. The molecule has 0 spiro atoms. The zero-order valence-electron chi connectivity index (χ0n) is 10.4. The maximum absolute atomic E-state index is 12.0. The smallest absolute Gasteiger partial charge is 0.138 e. The molecule has 0 aromatic heterocycles. The van der Waals surface area contributed by atoms with E-state index >= 15 is 0 Å². The van der Waals surface area contributed by atoms with Crippen molar-refractivity contribution in [2.45, 2.75) is 50.6 Å². The van der Waals surface area contributed by atoms with Gasteiger partial charge in [0, 0.05) is 31.5 Å². The Kier molecular flexibility index (Phi) is 3.98. The highest BCUT2D eigenvalue weighted by molar-refractivity contribution is 5.81. The van der Waals surface area contributed by atoms with Gasteiger partial charge in [0.05, 0.1) is 6.61 Å². The molecule has 3 heteroatoms. The molecule has 2 atom stereocenters. The fraction of sp³-hybridized carbons (Fsp3) is 0.923. The average molecular weight is 225 g/mol. The number of hydrogen-bond donors (Lipinski definition) is 0. The van der Waals surface area contributed by atoms with Crippen LogP contribution in [0.15, 0.2) is 0 Å². The van der Waals surface area contributed by atoms with E-state index in [2.05, 4.69) is 11.9 Å². The van der Waals surface area contributed by atoms with Gasteiger partial charge in [0.1, 0.15) is 5.78 Å². The molecule has 2 rings (SSSR count). The molecule has 0 radical (unpaired) electrons. The molecule has 92 valence electrons. The molecule has 2 unspecified atom stereocenters. The molecule has 0 saturated carbocycles. The topological polar surface area (TPSA) is 29.5 Å². The van der Waals surface area contributed by atoms with Gasteiger partial charge in [0.25, 0.3) is 0 Å². The van der Waals surface area contributed by atoms with Crippen molar-refractivity contribution in [1.82, 2.24) is 4.90 Å². The normalized spacial score (nSPS) is 35.0. The third-order valence-electron chi connectivity index (χ3n) is 4.35. The van der Waals surface area contributed by atoms with Crippen LogP contribution in [-0.2, 0) is 9.53 Å². The second-order valence-corrected chi connectivity index (χ2v) is 5.28. The van der Waals surface area contributed by atoms with Crippen molar-refractivity contribution >= 4 is 5.78 Å². The number of carbonyl (C=O) groups excluding carboxylic acids is 1. The average Bonchev–Trinajstić information content (AvgIpc) is 2.25. The van der Waals surface area contributed by atoms with E-state index in [1.54, 1.807) is 7.11 Å². The molecule has 0 N–H and O–H groups in total. The van der Waals surface area contributed by atoms with Crippen LogP contribution in [0.4, 0.5) is 0 Å². The lowest BCUT2D eigenvalue weighted by Crippen LogP contribution is -2.51. The monoisotopic (exact) mass is 225 g/mol. The van der Waals surface area contributed by atoms with Gasteiger partial charge in [-0.25, -0.2) is 0 Å². The summed E-state index contributed by atoms with van der Waals surface area (Å²) in [5.41, 5.74) is 0. The van der Waals surface area contributed by atoms with Gasteiger partial charge in [0.15, 0.2) is 0 Å². The summed E-state index contributed by atoms with van der Waals surface area (Å²) in [7, 11) is 3.89. The van der Waals surface area contributed by atoms with Crippen LogP contribution in [-0.4, -0.2) is 43.5 Å². The first-order valence-corrected chi connectivity index (χ1v) is 6.46. The quantitative estimate of drug-likeness (QED) is 0.731. The van der Waals surface area contributed by atoms with Crippen LogP contribution in [0, 0.1) is 5.92 Å². The van der Waals surface area contributed by atoms with Gasteiger partial charge >= 0.3 is 0 Å². The maximum atomic E-state index is 12.0. The Bertz CT molecular complexity index is 240. The van der Waals surface area contributed by atoms with Crippen LogP contribution >= 0.6 is 0 Å². The number of piperidine rings is 2. The Balaban J connectivity index is 1.91. The molecule has 2 aliphatic rings. The first-order valence-electron chi connectivity index (χ1n) is 6.46. The highest BCUT2D eigenvalue weighted by atomic mass is 16.5. The number of ether oxygens (including phenoxy) is 1. The molecule has 2 fully saturated rings. The van der Waals surface area contributed by atoms with Crippen LogP contribution in [0.2, 0.25) is 0 Å². The Morgan fingerprint density at radius 3 is 2.50 bits per heavy atom. The Morgan fingerprint density at radius 1 is 1.31 bits per heavy atom. The lowest BCUT2D eigenvalue weighted by molar-refractivity contribution is -0.127. The number of carbonyl (C=O) groups is 1. The minimum atomic E-state index is 0.307. The van der Waals surface area contributed by atoms with Crippen molar-refractivity contribution < 1.29 is 9.53 Å². The number of methoxy groups -OCH3 is 1. The van der Waals surface area contributed by atoms with E-state index in [-0.39, 0.29) is 0 Å². The van der Waals surface area contributed by atoms with Gasteiger partial charge in [-0.15, -0.1) is 0 Å². The number of Topliss-reactive ketones (excluding diaryl/α,β-unsaturated/α-hetero) is 1. The number of ketones is 1. The molecule has 2 bridgehead atoms. The van der Waals surface area contributed by atoms with Crippen LogP contribution in [0.1, 0.15) is 38.5 Å². The highest BCUT2D eigenvalue weighted by Crippen LogP contribution is 2.36. The molecule has 2 aliphatic heterocycles. The molecule has 0 aromatic carbocycles. The van der Waals surface area contributed by atoms with Gasteiger partial charge in [-0.1, -0.05) is 6.42 Å². The predicted molar refractivity (Wildman–Crippen MR) is 63.4 cm³/mol. The van der Waals surface area contributed by atoms with E-state index in [4.69, 9.17) is 4.74 Å². The van der Waals surface area contributed by atoms with Crippen LogP contribution < -0.4 is 0 Å². The first-order chi connectivity index (χ1) is 7.72. The van der Waals surface area contributed by atoms with Crippen molar-refractivity contribution in [2.24, 2.45) is 5.92 Å². The Hall–Kier alpha value is -0.410. The molecular weight excluding hydrogens is 202 g/mol. The van der Waals surface area contributed by atoms with Gasteiger partial charge in [-0.05, 0) is 32.7 Å². The molecule has 3 nitrogen and oxygen atoms in total. The number of hydrogen-bond acceptors (Lipinski definition) is 3. The molecule has 0 aromatic rings. The summed E-state index contributed by atoms with van der Waals surface area (Å²) in [6.45, 7) is 0.584. The standard InChI is InChI=1S/C13H23NO2/c1-14-11-4-3-5-12(14)9-10(8-11)13(15)6-7-16-2/h10-12H,3-9H2,1-2H3. The summed E-state index contributed by atoms with van der Waals surface area (Å²) in [5, 5.41) is 0. The van der Waals surface area contributed by atoms with Crippen molar-refractivity contribution in [3.63, 3.8) is 0 Å². The van der Waals surface area contributed by atoms with Gasteiger partial charge < -0.3 is 9.64 Å².